The Balaban J connectivity index is 1.83. The van der Waals surface area contributed by atoms with Crippen LogP contribution in [0.3, 0.4) is 0 Å². The van der Waals surface area contributed by atoms with Gasteiger partial charge in [0.25, 0.3) is 10.2 Å². The predicted octanol–water partition coefficient (Wildman–Crippen LogP) is 0.0424. The highest BCUT2D eigenvalue weighted by atomic mass is 32.2. The quantitative estimate of drug-likeness (QED) is 0.748. The van der Waals surface area contributed by atoms with E-state index in [-0.39, 0.29) is 25.1 Å². The van der Waals surface area contributed by atoms with Crippen molar-refractivity contribution in [1.82, 2.24) is 9.03 Å². The molecular formula is C12H22N2O5S. The molecule has 2 fully saturated rings. The Labute approximate surface area is 119 Å². The van der Waals surface area contributed by atoms with Gasteiger partial charge in [-0.05, 0) is 26.2 Å². The fourth-order valence-electron chi connectivity index (χ4n) is 2.69. The van der Waals surface area contributed by atoms with E-state index in [1.54, 1.807) is 0 Å². The van der Waals surface area contributed by atoms with E-state index in [1.165, 1.54) is 4.31 Å². The van der Waals surface area contributed by atoms with Gasteiger partial charge in [-0.15, -0.1) is 0 Å². The number of rotatable bonds is 5. The highest BCUT2D eigenvalue weighted by Crippen LogP contribution is 2.21. The topological polar surface area (TPSA) is 95.9 Å². The van der Waals surface area contributed by atoms with Gasteiger partial charge in [0.05, 0.1) is 12.0 Å². The number of aliphatic carboxylic acids is 1. The van der Waals surface area contributed by atoms with Crippen LogP contribution < -0.4 is 4.72 Å². The number of piperidine rings is 1. The third kappa shape index (κ3) is 3.69. The maximum atomic E-state index is 12.2. The van der Waals surface area contributed by atoms with Gasteiger partial charge in [0, 0.05) is 32.2 Å². The van der Waals surface area contributed by atoms with E-state index in [9.17, 15) is 13.2 Å². The minimum atomic E-state index is -3.51. The Kier molecular flexibility index (Phi) is 5.00. The van der Waals surface area contributed by atoms with Crippen LogP contribution in [0, 0.1) is 11.8 Å². The molecule has 2 rings (SSSR count). The lowest BCUT2D eigenvalue weighted by atomic mass is 9.99. The summed E-state index contributed by atoms with van der Waals surface area (Å²) in [4.78, 5) is 10.8. The Hall–Kier alpha value is -0.700. The zero-order chi connectivity index (χ0) is 14.8. The van der Waals surface area contributed by atoms with Crippen molar-refractivity contribution in [2.24, 2.45) is 11.8 Å². The van der Waals surface area contributed by atoms with Crippen LogP contribution in [-0.4, -0.2) is 56.1 Å². The van der Waals surface area contributed by atoms with E-state index in [0.29, 0.717) is 26.0 Å². The maximum absolute atomic E-state index is 12.2. The van der Waals surface area contributed by atoms with Crippen LogP contribution in [0.5, 0.6) is 0 Å². The monoisotopic (exact) mass is 306 g/mol. The second-order valence-electron chi connectivity index (χ2n) is 5.49. The van der Waals surface area contributed by atoms with Crippen molar-refractivity contribution >= 4 is 16.2 Å². The van der Waals surface area contributed by atoms with Crippen LogP contribution >= 0.6 is 0 Å². The molecule has 116 valence electrons. The first-order chi connectivity index (χ1) is 9.40. The smallest absolute Gasteiger partial charge is 0.306 e. The molecule has 0 amide bonds. The molecule has 0 aromatic heterocycles. The number of carboxylic acids is 1. The fourth-order valence-corrected chi connectivity index (χ4v) is 3.99. The van der Waals surface area contributed by atoms with Crippen molar-refractivity contribution in [2.75, 3.05) is 26.2 Å². The molecule has 0 saturated carbocycles. The zero-order valence-electron chi connectivity index (χ0n) is 11.6. The third-order valence-electron chi connectivity index (χ3n) is 4.20. The number of nitrogens with zero attached hydrogens (tertiary/aromatic N) is 1. The molecule has 0 aromatic rings. The molecule has 2 saturated heterocycles. The van der Waals surface area contributed by atoms with Crippen molar-refractivity contribution in [2.45, 2.75) is 32.3 Å². The van der Waals surface area contributed by atoms with Crippen molar-refractivity contribution < 1.29 is 23.1 Å². The third-order valence-corrected chi connectivity index (χ3v) is 5.78. The summed E-state index contributed by atoms with van der Waals surface area (Å²) in [5, 5.41) is 8.91. The summed E-state index contributed by atoms with van der Waals surface area (Å²) in [6.45, 7) is 3.54. The summed E-state index contributed by atoms with van der Waals surface area (Å²) >= 11 is 0. The number of hydrogen-bond acceptors (Lipinski definition) is 4. The molecule has 8 heteroatoms. The van der Waals surface area contributed by atoms with Crippen LogP contribution in [0.4, 0.5) is 0 Å². The minimum Gasteiger partial charge on any atom is -0.481 e. The van der Waals surface area contributed by atoms with Crippen LogP contribution in [0.15, 0.2) is 0 Å². The molecule has 7 nitrogen and oxygen atoms in total. The van der Waals surface area contributed by atoms with Crippen molar-refractivity contribution in [3.63, 3.8) is 0 Å². The van der Waals surface area contributed by atoms with Crippen molar-refractivity contribution in [1.29, 1.82) is 0 Å². The average molecular weight is 306 g/mol. The lowest BCUT2D eigenvalue weighted by Gasteiger charge is -2.29. The Morgan fingerprint density at radius 2 is 2.00 bits per heavy atom. The molecule has 0 radical (unpaired) electrons. The minimum absolute atomic E-state index is 0.0791. The lowest BCUT2D eigenvalue weighted by molar-refractivity contribution is -0.142. The van der Waals surface area contributed by atoms with Gasteiger partial charge in [0.1, 0.15) is 0 Å². The largest absolute Gasteiger partial charge is 0.481 e. The summed E-state index contributed by atoms with van der Waals surface area (Å²) in [5.41, 5.74) is 0. The Morgan fingerprint density at radius 3 is 2.50 bits per heavy atom. The summed E-state index contributed by atoms with van der Waals surface area (Å²) < 4.78 is 33.7. The van der Waals surface area contributed by atoms with Gasteiger partial charge in [-0.25, -0.2) is 4.72 Å². The standard InChI is InChI=1S/C12H22N2O5S/c1-9-11(4-7-19-9)8-13-20(17,18)14-5-2-10(3-6-14)12(15)16/h9-11,13H,2-8H2,1H3,(H,15,16). The SMILES string of the molecule is CC1OCCC1CNS(=O)(=O)N1CCC(C(=O)O)CC1. The molecule has 2 N–H and O–H groups in total. The summed E-state index contributed by atoms with van der Waals surface area (Å²) in [7, 11) is -3.51. The van der Waals surface area contributed by atoms with E-state index < -0.39 is 22.1 Å². The molecular weight excluding hydrogens is 284 g/mol. The molecule has 0 aromatic carbocycles. The van der Waals surface area contributed by atoms with E-state index in [2.05, 4.69) is 4.72 Å². The van der Waals surface area contributed by atoms with Gasteiger partial charge in [0.15, 0.2) is 0 Å². The summed E-state index contributed by atoms with van der Waals surface area (Å²) in [5.74, 6) is -1.06. The molecule has 0 bridgehead atoms. The van der Waals surface area contributed by atoms with Gasteiger partial charge in [-0.3, -0.25) is 4.79 Å². The normalized spacial score (nSPS) is 29.6. The van der Waals surface area contributed by atoms with Crippen LogP contribution in [0.1, 0.15) is 26.2 Å². The predicted molar refractivity (Wildman–Crippen MR) is 72.4 cm³/mol. The first-order valence-electron chi connectivity index (χ1n) is 6.99. The Morgan fingerprint density at radius 1 is 1.35 bits per heavy atom. The number of carbonyl (C=O) groups is 1. The molecule has 2 atom stereocenters. The van der Waals surface area contributed by atoms with Crippen LogP contribution in [0.25, 0.3) is 0 Å². The second kappa shape index (κ2) is 6.38. The average Bonchev–Trinajstić information content (AvgIpc) is 2.82. The highest BCUT2D eigenvalue weighted by Gasteiger charge is 2.32. The molecule has 2 aliphatic heterocycles. The van der Waals surface area contributed by atoms with Crippen molar-refractivity contribution in [3.8, 4) is 0 Å². The number of hydrogen-bond donors (Lipinski definition) is 2. The van der Waals surface area contributed by atoms with E-state index >= 15 is 0 Å². The van der Waals surface area contributed by atoms with Gasteiger partial charge >= 0.3 is 5.97 Å². The summed E-state index contributed by atoms with van der Waals surface area (Å²) in [6, 6.07) is 0. The molecule has 0 spiro atoms. The van der Waals surface area contributed by atoms with Crippen LogP contribution in [-0.2, 0) is 19.7 Å². The van der Waals surface area contributed by atoms with Gasteiger partial charge in [0.2, 0.25) is 0 Å². The van der Waals surface area contributed by atoms with E-state index in [1.807, 2.05) is 6.92 Å². The van der Waals surface area contributed by atoms with Crippen molar-refractivity contribution in [3.05, 3.63) is 0 Å². The molecule has 2 aliphatic rings. The maximum Gasteiger partial charge on any atom is 0.306 e. The lowest BCUT2D eigenvalue weighted by Crippen LogP contribution is -2.47. The number of ether oxygens (including phenoxy) is 1. The fraction of sp³-hybridized carbons (Fsp3) is 0.917. The molecule has 20 heavy (non-hydrogen) atoms. The van der Waals surface area contributed by atoms with Crippen LogP contribution in [0.2, 0.25) is 0 Å². The molecule has 0 aliphatic carbocycles. The Bertz CT molecular complexity index is 445. The summed E-state index contributed by atoms with van der Waals surface area (Å²) in [6.07, 6.45) is 1.69. The molecule has 2 heterocycles. The number of carboxylic acid groups (broad SMARTS) is 1. The first kappa shape index (κ1) is 15.7. The van der Waals surface area contributed by atoms with Gasteiger partial charge in [-0.2, -0.15) is 12.7 Å². The van der Waals surface area contributed by atoms with Gasteiger partial charge < -0.3 is 9.84 Å². The highest BCUT2D eigenvalue weighted by molar-refractivity contribution is 7.87. The van der Waals surface area contributed by atoms with Gasteiger partial charge in [-0.1, -0.05) is 0 Å². The second-order valence-corrected chi connectivity index (χ2v) is 7.24. The zero-order valence-corrected chi connectivity index (χ0v) is 12.4. The van der Waals surface area contributed by atoms with E-state index in [4.69, 9.17) is 9.84 Å². The first-order valence-corrected chi connectivity index (χ1v) is 8.43. The van der Waals surface area contributed by atoms with E-state index in [0.717, 1.165) is 6.42 Å². The molecule has 2 unspecified atom stereocenters. The number of nitrogens with one attached hydrogen (secondary N) is 1.